The minimum absolute atomic E-state index is 0.121. The molecule has 1 aromatic carbocycles. The number of benzene rings is 1. The second kappa shape index (κ2) is 7.01. The molecule has 0 aromatic heterocycles. The van der Waals surface area contributed by atoms with E-state index in [1.165, 1.54) is 5.56 Å². The molecule has 16 heavy (non-hydrogen) atoms. The lowest BCUT2D eigenvalue weighted by Crippen LogP contribution is -2.23. The Balaban J connectivity index is 2.23. The topological polar surface area (TPSA) is 41.1 Å². The molecule has 0 saturated heterocycles. The standard InChI is InChI=1S/C13H20N2O/c1-11-5-7-12(8-6-11)10-15-13(16)4-3-9-14-2/h5-8,14H,3-4,9-10H2,1-2H3,(H,15,16). The molecule has 0 bridgehead atoms. The molecule has 1 rings (SSSR count). The van der Waals surface area contributed by atoms with Crippen LogP contribution in [-0.4, -0.2) is 19.5 Å². The van der Waals surface area contributed by atoms with E-state index in [0.717, 1.165) is 18.5 Å². The van der Waals surface area contributed by atoms with E-state index in [9.17, 15) is 4.79 Å². The number of rotatable bonds is 6. The van der Waals surface area contributed by atoms with E-state index < -0.39 is 0 Å². The van der Waals surface area contributed by atoms with Crippen LogP contribution in [0.15, 0.2) is 24.3 Å². The first-order valence-corrected chi connectivity index (χ1v) is 5.69. The lowest BCUT2D eigenvalue weighted by molar-refractivity contribution is -0.121. The molecule has 88 valence electrons. The highest BCUT2D eigenvalue weighted by Gasteiger charge is 2.00. The predicted octanol–water partition coefficient (Wildman–Crippen LogP) is 1.61. The maximum absolute atomic E-state index is 11.4. The second-order valence-electron chi connectivity index (χ2n) is 3.97. The van der Waals surface area contributed by atoms with Gasteiger partial charge in [0.25, 0.3) is 0 Å². The van der Waals surface area contributed by atoms with Crippen molar-refractivity contribution in [3.8, 4) is 0 Å². The summed E-state index contributed by atoms with van der Waals surface area (Å²) in [4.78, 5) is 11.4. The lowest BCUT2D eigenvalue weighted by atomic mass is 10.1. The van der Waals surface area contributed by atoms with Crippen molar-refractivity contribution in [1.29, 1.82) is 0 Å². The van der Waals surface area contributed by atoms with E-state index >= 15 is 0 Å². The van der Waals surface area contributed by atoms with E-state index in [0.29, 0.717) is 13.0 Å². The fourth-order valence-electron chi connectivity index (χ4n) is 1.42. The van der Waals surface area contributed by atoms with Gasteiger partial charge in [-0.1, -0.05) is 29.8 Å². The third-order valence-electron chi connectivity index (χ3n) is 2.44. The fraction of sp³-hybridized carbons (Fsp3) is 0.462. The zero-order valence-corrected chi connectivity index (χ0v) is 10.0. The molecule has 0 radical (unpaired) electrons. The van der Waals surface area contributed by atoms with Crippen LogP contribution >= 0.6 is 0 Å². The summed E-state index contributed by atoms with van der Waals surface area (Å²) in [5.41, 5.74) is 2.39. The molecule has 2 N–H and O–H groups in total. The molecule has 0 aliphatic rings. The quantitative estimate of drug-likeness (QED) is 0.715. The van der Waals surface area contributed by atoms with Gasteiger partial charge in [-0.25, -0.2) is 0 Å². The summed E-state index contributed by atoms with van der Waals surface area (Å²) in [7, 11) is 1.89. The van der Waals surface area contributed by atoms with Crippen LogP contribution in [0.1, 0.15) is 24.0 Å². The van der Waals surface area contributed by atoms with Crippen molar-refractivity contribution in [3.63, 3.8) is 0 Å². The molecular formula is C13H20N2O. The minimum atomic E-state index is 0.121. The first-order valence-electron chi connectivity index (χ1n) is 5.69. The van der Waals surface area contributed by atoms with Crippen LogP contribution in [-0.2, 0) is 11.3 Å². The molecule has 3 nitrogen and oxygen atoms in total. The van der Waals surface area contributed by atoms with Crippen LogP contribution in [0, 0.1) is 6.92 Å². The van der Waals surface area contributed by atoms with Gasteiger partial charge in [-0.05, 0) is 32.5 Å². The third-order valence-corrected chi connectivity index (χ3v) is 2.44. The summed E-state index contributed by atoms with van der Waals surface area (Å²) < 4.78 is 0. The number of nitrogens with one attached hydrogen (secondary N) is 2. The summed E-state index contributed by atoms with van der Waals surface area (Å²) in [6.45, 7) is 3.57. The van der Waals surface area contributed by atoms with Crippen LogP contribution in [0.4, 0.5) is 0 Å². The highest BCUT2D eigenvalue weighted by molar-refractivity contribution is 5.75. The van der Waals surface area contributed by atoms with Crippen LogP contribution in [0.5, 0.6) is 0 Å². The molecular weight excluding hydrogens is 200 g/mol. The summed E-state index contributed by atoms with van der Waals surface area (Å²) in [5, 5.41) is 5.93. The second-order valence-corrected chi connectivity index (χ2v) is 3.97. The Morgan fingerprint density at radius 2 is 1.94 bits per heavy atom. The molecule has 0 atom stereocenters. The SMILES string of the molecule is CNCCCC(=O)NCc1ccc(C)cc1. The molecule has 0 spiro atoms. The molecule has 0 heterocycles. The average molecular weight is 220 g/mol. The van der Waals surface area contributed by atoms with Gasteiger partial charge in [-0.15, -0.1) is 0 Å². The van der Waals surface area contributed by atoms with Crippen molar-refractivity contribution in [3.05, 3.63) is 35.4 Å². The monoisotopic (exact) mass is 220 g/mol. The zero-order chi connectivity index (χ0) is 11.8. The molecule has 1 aromatic rings. The van der Waals surface area contributed by atoms with Gasteiger partial charge in [0.2, 0.25) is 5.91 Å². The van der Waals surface area contributed by atoms with Gasteiger partial charge < -0.3 is 10.6 Å². The maximum Gasteiger partial charge on any atom is 0.220 e. The highest BCUT2D eigenvalue weighted by Crippen LogP contribution is 2.02. The van der Waals surface area contributed by atoms with Crippen molar-refractivity contribution in [2.75, 3.05) is 13.6 Å². The lowest BCUT2D eigenvalue weighted by Gasteiger charge is -2.05. The van der Waals surface area contributed by atoms with E-state index in [4.69, 9.17) is 0 Å². The Morgan fingerprint density at radius 3 is 2.56 bits per heavy atom. The van der Waals surface area contributed by atoms with Crippen molar-refractivity contribution in [2.45, 2.75) is 26.3 Å². The van der Waals surface area contributed by atoms with Gasteiger partial charge in [-0.3, -0.25) is 4.79 Å². The largest absolute Gasteiger partial charge is 0.352 e. The number of hydrogen-bond acceptors (Lipinski definition) is 2. The van der Waals surface area contributed by atoms with Crippen LogP contribution in [0.25, 0.3) is 0 Å². The Hall–Kier alpha value is -1.35. The average Bonchev–Trinajstić information content (AvgIpc) is 2.29. The number of carbonyl (C=O) groups excluding carboxylic acids is 1. The highest BCUT2D eigenvalue weighted by atomic mass is 16.1. The molecule has 0 aliphatic heterocycles. The van der Waals surface area contributed by atoms with Gasteiger partial charge in [0.1, 0.15) is 0 Å². The van der Waals surface area contributed by atoms with Gasteiger partial charge in [-0.2, -0.15) is 0 Å². The van der Waals surface area contributed by atoms with Gasteiger partial charge in [0, 0.05) is 13.0 Å². The normalized spacial score (nSPS) is 10.1. The van der Waals surface area contributed by atoms with E-state index in [1.807, 2.05) is 19.2 Å². The van der Waals surface area contributed by atoms with Gasteiger partial charge in [0.15, 0.2) is 0 Å². The summed E-state index contributed by atoms with van der Waals surface area (Å²) in [5.74, 6) is 0.121. The molecule has 3 heteroatoms. The van der Waals surface area contributed by atoms with E-state index in [1.54, 1.807) is 0 Å². The predicted molar refractivity (Wildman–Crippen MR) is 66.2 cm³/mol. The molecule has 0 saturated carbocycles. The smallest absolute Gasteiger partial charge is 0.220 e. The van der Waals surface area contributed by atoms with Crippen LogP contribution in [0.2, 0.25) is 0 Å². The Morgan fingerprint density at radius 1 is 1.25 bits per heavy atom. The van der Waals surface area contributed by atoms with Crippen molar-refractivity contribution < 1.29 is 4.79 Å². The number of amides is 1. The molecule has 1 amide bonds. The first-order chi connectivity index (χ1) is 7.72. The summed E-state index contributed by atoms with van der Waals surface area (Å²) >= 11 is 0. The number of carbonyl (C=O) groups is 1. The van der Waals surface area contributed by atoms with Crippen molar-refractivity contribution >= 4 is 5.91 Å². The Labute approximate surface area is 97.2 Å². The van der Waals surface area contributed by atoms with E-state index in [2.05, 4.69) is 29.7 Å². The Bertz CT molecular complexity index is 319. The Kier molecular flexibility index (Phi) is 5.57. The number of aryl methyl sites for hydroxylation is 1. The maximum atomic E-state index is 11.4. The minimum Gasteiger partial charge on any atom is -0.352 e. The first kappa shape index (κ1) is 12.7. The van der Waals surface area contributed by atoms with Crippen molar-refractivity contribution in [2.24, 2.45) is 0 Å². The van der Waals surface area contributed by atoms with Crippen LogP contribution < -0.4 is 10.6 Å². The summed E-state index contributed by atoms with van der Waals surface area (Å²) in [6.07, 6.45) is 1.48. The zero-order valence-electron chi connectivity index (χ0n) is 10.0. The van der Waals surface area contributed by atoms with Crippen LogP contribution in [0.3, 0.4) is 0 Å². The van der Waals surface area contributed by atoms with E-state index in [-0.39, 0.29) is 5.91 Å². The fourth-order valence-corrected chi connectivity index (χ4v) is 1.42. The summed E-state index contributed by atoms with van der Waals surface area (Å²) in [6, 6.07) is 8.21. The molecule has 0 aliphatic carbocycles. The van der Waals surface area contributed by atoms with Gasteiger partial charge >= 0.3 is 0 Å². The van der Waals surface area contributed by atoms with Crippen molar-refractivity contribution in [1.82, 2.24) is 10.6 Å². The molecule has 0 fully saturated rings. The van der Waals surface area contributed by atoms with Gasteiger partial charge in [0.05, 0.1) is 0 Å². The number of hydrogen-bond donors (Lipinski definition) is 2. The molecule has 0 unspecified atom stereocenters. The third kappa shape index (κ3) is 4.94.